The summed E-state index contributed by atoms with van der Waals surface area (Å²) in [5, 5.41) is 46.0. The van der Waals surface area contributed by atoms with Gasteiger partial charge in [-0.1, -0.05) is 61.9 Å². The van der Waals surface area contributed by atoms with Crippen molar-refractivity contribution in [3.63, 3.8) is 0 Å². The molecular weight excluding hydrogens is 693 g/mol. The van der Waals surface area contributed by atoms with Crippen molar-refractivity contribution in [3.05, 3.63) is 65.7 Å². The average Bonchev–Trinajstić information content (AvgIpc) is 3.06. The van der Waals surface area contributed by atoms with Crippen LogP contribution in [0.25, 0.3) is 0 Å². The van der Waals surface area contributed by atoms with Crippen molar-refractivity contribution in [2.75, 3.05) is 30.9 Å². The number of carboxylic acids is 4. The van der Waals surface area contributed by atoms with E-state index < -0.39 is 87.0 Å². The van der Waals surface area contributed by atoms with Crippen molar-refractivity contribution in [1.82, 2.24) is 10.6 Å². The minimum atomic E-state index is -3.60. The van der Waals surface area contributed by atoms with Gasteiger partial charge in [-0.15, -0.1) is 0 Å². The van der Waals surface area contributed by atoms with E-state index in [1.165, 1.54) is 12.1 Å². The van der Waals surface area contributed by atoms with Crippen molar-refractivity contribution in [2.45, 2.75) is 38.0 Å². The maximum Gasteiger partial charge on any atom is 0.308 e. The highest BCUT2D eigenvalue weighted by atomic mass is 32.2. The second-order valence-corrected chi connectivity index (χ2v) is 15.2. The summed E-state index contributed by atoms with van der Waals surface area (Å²) in [5.41, 5.74) is 1.30. The molecule has 0 bridgehead atoms. The molecule has 0 aliphatic heterocycles. The number of hydrogen-bond donors (Lipinski definition) is 6. The smallest absolute Gasteiger partial charge is 0.308 e. The van der Waals surface area contributed by atoms with Crippen LogP contribution in [0.15, 0.2) is 59.5 Å². The summed E-state index contributed by atoms with van der Waals surface area (Å²) >= 11 is 1.15. The summed E-state index contributed by atoms with van der Waals surface area (Å²) < 4.78 is 25.3. The van der Waals surface area contributed by atoms with Crippen molar-refractivity contribution >= 4 is 57.3 Å². The number of thioether (sulfide) groups is 1. The number of aliphatic carboxylic acids is 4. The van der Waals surface area contributed by atoms with Crippen LogP contribution < -0.4 is 10.6 Å². The van der Waals surface area contributed by atoms with Crippen molar-refractivity contribution in [1.29, 1.82) is 0 Å². The van der Waals surface area contributed by atoms with E-state index in [0.29, 0.717) is 5.56 Å². The molecule has 0 aliphatic carbocycles. The molecule has 0 fully saturated rings. The molecule has 6 N–H and O–H groups in total. The number of hydrogen-bond acceptors (Lipinski definition) is 9. The van der Waals surface area contributed by atoms with Crippen molar-refractivity contribution in [2.24, 2.45) is 35.5 Å². The lowest BCUT2D eigenvalue weighted by atomic mass is 9.63. The number of carbonyl (C=O) groups excluding carboxylic acids is 2. The van der Waals surface area contributed by atoms with Crippen LogP contribution in [0.5, 0.6) is 0 Å². The number of rotatable bonds is 21. The molecule has 0 heterocycles. The zero-order chi connectivity index (χ0) is 37.8. The highest BCUT2D eigenvalue weighted by Gasteiger charge is 2.55. The molecule has 16 heteroatoms. The Hall–Kier alpha value is -4.44. The lowest BCUT2D eigenvalue weighted by Crippen LogP contribution is -2.55. The maximum absolute atomic E-state index is 13.9. The third-order valence-corrected chi connectivity index (χ3v) is 11.7. The van der Waals surface area contributed by atoms with E-state index in [4.69, 9.17) is 0 Å². The van der Waals surface area contributed by atoms with Crippen LogP contribution in [0.4, 0.5) is 0 Å². The summed E-state index contributed by atoms with van der Waals surface area (Å²) in [4.78, 5) is 78.3. The average molecular weight is 737 g/mol. The Morgan fingerprint density at radius 3 is 1.74 bits per heavy atom. The quantitative estimate of drug-likeness (QED) is 0.101. The highest BCUT2D eigenvalue weighted by Crippen LogP contribution is 2.42. The van der Waals surface area contributed by atoms with Gasteiger partial charge in [0.1, 0.15) is 0 Å². The SMILES string of the molecule is CCC(c1ccccc1)C(C(=O)O)C(C(=O)O)C(C(=O)O)C(C(=O)NCCSCCS(=O)(=O)c1ccc(C)cc1)C(C(=O)NC)C(C)C(=O)O. The Morgan fingerprint density at radius 2 is 1.26 bits per heavy atom. The molecule has 2 amide bonds. The predicted molar refractivity (Wildman–Crippen MR) is 184 cm³/mol. The van der Waals surface area contributed by atoms with Gasteiger partial charge in [-0.05, 0) is 37.0 Å². The van der Waals surface area contributed by atoms with Gasteiger partial charge in [0.25, 0.3) is 0 Å². The van der Waals surface area contributed by atoms with Crippen molar-refractivity contribution < 1.29 is 57.6 Å². The molecular formula is C34H44N2O12S2. The minimum Gasteiger partial charge on any atom is -0.481 e. The molecule has 50 heavy (non-hydrogen) atoms. The van der Waals surface area contributed by atoms with Crippen LogP contribution in [-0.4, -0.2) is 95.4 Å². The van der Waals surface area contributed by atoms with Crippen LogP contribution in [-0.2, 0) is 38.6 Å². The molecule has 7 atom stereocenters. The van der Waals surface area contributed by atoms with E-state index in [9.17, 15) is 57.6 Å². The van der Waals surface area contributed by atoms with Gasteiger partial charge in [0.2, 0.25) is 11.8 Å². The number of nitrogens with one attached hydrogen (secondary N) is 2. The monoisotopic (exact) mass is 736 g/mol. The molecule has 14 nitrogen and oxygen atoms in total. The highest BCUT2D eigenvalue weighted by molar-refractivity contribution is 8.00. The standard InChI is InChI=1S/C34H44N2O12S2/c1-5-23(21-9-7-6-8-10-21)25(32(41)42)27(33(43)44)28(34(45)46)26(24(29(37)35-4)20(3)31(39)40)30(38)36-15-16-49-17-18-50(47,48)22-13-11-19(2)12-14-22/h6-14,20,23-28H,5,15-18H2,1-4H3,(H,35,37)(H,36,38)(H,39,40)(H,41,42)(H,43,44)(H,45,46). The Morgan fingerprint density at radius 1 is 0.720 bits per heavy atom. The number of sulfone groups is 1. The first-order valence-electron chi connectivity index (χ1n) is 15.8. The lowest BCUT2D eigenvalue weighted by molar-refractivity contribution is -0.170. The Balaban J connectivity index is 2.50. The molecule has 274 valence electrons. The van der Waals surface area contributed by atoms with E-state index in [0.717, 1.165) is 31.3 Å². The molecule has 0 saturated carbocycles. The molecule has 0 saturated heterocycles. The first kappa shape index (κ1) is 41.7. The fourth-order valence-corrected chi connectivity index (χ4v) is 8.69. The largest absolute Gasteiger partial charge is 0.481 e. The summed E-state index contributed by atoms with van der Waals surface area (Å²) in [5.74, 6) is -22.6. The second-order valence-electron chi connectivity index (χ2n) is 11.8. The Labute approximate surface area is 295 Å². The van der Waals surface area contributed by atoms with E-state index >= 15 is 0 Å². The van der Waals surface area contributed by atoms with Gasteiger partial charge in [-0.25, -0.2) is 8.42 Å². The summed E-state index contributed by atoms with van der Waals surface area (Å²) in [6.45, 7) is 4.29. The van der Waals surface area contributed by atoms with Crippen molar-refractivity contribution in [3.8, 4) is 0 Å². The fourth-order valence-electron chi connectivity index (χ4n) is 6.10. The fraction of sp³-hybridized carbons (Fsp3) is 0.471. The molecule has 0 radical (unpaired) electrons. The Kier molecular flexibility index (Phi) is 15.9. The molecule has 0 spiro atoms. The first-order chi connectivity index (χ1) is 23.5. The number of carbonyl (C=O) groups is 6. The van der Waals surface area contributed by atoms with E-state index in [-0.39, 0.29) is 35.1 Å². The van der Waals surface area contributed by atoms with Gasteiger partial charge in [0.05, 0.1) is 46.2 Å². The Bertz CT molecular complexity index is 1620. The zero-order valence-electron chi connectivity index (χ0n) is 28.1. The third-order valence-electron chi connectivity index (χ3n) is 8.71. The third kappa shape index (κ3) is 10.8. The summed E-state index contributed by atoms with van der Waals surface area (Å²) in [6.07, 6.45) is 0.0647. The molecule has 0 aliphatic rings. The van der Waals surface area contributed by atoms with Crippen LogP contribution in [0, 0.1) is 42.4 Å². The van der Waals surface area contributed by atoms with Gasteiger partial charge in [0, 0.05) is 25.1 Å². The van der Waals surface area contributed by atoms with Gasteiger partial charge < -0.3 is 31.1 Å². The maximum atomic E-state index is 13.9. The van der Waals surface area contributed by atoms with Crippen LogP contribution >= 0.6 is 11.8 Å². The van der Waals surface area contributed by atoms with E-state index in [2.05, 4.69) is 10.6 Å². The first-order valence-corrected chi connectivity index (χ1v) is 18.6. The minimum absolute atomic E-state index is 0.0647. The van der Waals surface area contributed by atoms with Gasteiger partial charge in [-0.3, -0.25) is 28.8 Å². The molecule has 2 aromatic rings. The van der Waals surface area contributed by atoms with Gasteiger partial charge in [0.15, 0.2) is 9.84 Å². The number of aryl methyl sites for hydroxylation is 1. The molecule has 0 aromatic heterocycles. The second kappa shape index (κ2) is 19.1. The van der Waals surface area contributed by atoms with Crippen LogP contribution in [0.1, 0.15) is 37.3 Å². The summed E-state index contributed by atoms with van der Waals surface area (Å²) in [7, 11) is -2.46. The summed E-state index contributed by atoms with van der Waals surface area (Å²) in [6, 6.07) is 14.3. The number of carboxylic acid groups (broad SMARTS) is 4. The molecule has 2 rings (SSSR count). The normalized spacial score (nSPS) is 15.7. The van der Waals surface area contributed by atoms with Gasteiger partial charge in [-0.2, -0.15) is 11.8 Å². The topological polar surface area (TPSA) is 242 Å². The lowest BCUT2D eigenvalue weighted by Gasteiger charge is -2.38. The number of benzene rings is 2. The zero-order valence-corrected chi connectivity index (χ0v) is 29.8. The van der Waals surface area contributed by atoms with E-state index in [1.807, 2.05) is 6.92 Å². The van der Waals surface area contributed by atoms with Gasteiger partial charge >= 0.3 is 23.9 Å². The molecule has 7 unspecified atom stereocenters. The number of amides is 2. The van der Waals surface area contributed by atoms with Crippen LogP contribution in [0.3, 0.4) is 0 Å². The van der Waals surface area contributed by atoms with E-state index in [1.54, 1.807) is 49.4 Å². The predicted octanol–water partition coefficient (Wildman–Crippen LogP) is 2.61. The van der Waals surface area contributed by atoms with Crippen LogP contribution in [0.2, 0.25) is 0 Å². The molecule has 2 aromatic carbocycles.